The van der Waals surface area contributed by atoms with Crippen LogP contribution >= 0.6 is 12.2 Å². The van der Waals surface area contributed by atoms with Gasteiger partial charge in [0, 0.05) is 5.56 Å². The van der Waals surface area contributed by atoms with E-state index in [1.54, 1.807) is 24.3 Å². The van der Waals surface area contributed by atoms with Crippen molar-refractivity contribution in [3.05, 3.63) is 46.0 Å². The van der Waals surface area contributed by atoms with Crippen LogP contribution in [0, 0.1) is 11.7 Å². The number of aromatic amines is 1. The maximum Gasteiger partial charge on any atom is 0.214 e. The van der Waals surface area contributed by atoms with Crippen LogP contribution < -0.4 is 5.84 Å². The molecule has 1 aromatic heterocycles. The lowest BCUT2D eigenvalue weighted by molar-refractivity contribution is 0.102. The molecular formula is C12H14N4O3S2. The Kier molecular flexibility index (Phi) is 4.24. The Morgan fingerprint density at radius 2 is 2.00 bits per heavy atom. The SMILES string of the molecule is Cc1ccc(C(=O)CS(=O)(=O)Cc2n[nH]c(=S)n2N)cc1. The van der Waals surface area contributed by atoms with Gasteiger partial charge in [-0.1, -0.05) is 29.8 Å². The van der Waals surface area contributed by atoms with Gasteiger partial charge in [0.2, 0.25) is 4.77 Å². The van der Waals surface area contributed by atoms with Crippen LogP contribution in [0.1, 0.15) is 21.7 Å². The maximum atomic E-state index is 12.0. The Hall–Kier alpha value is -2.00. The molecule has 2 aromatic rings. The minimum atomic E-state index is -3.68. The summed E-state index contributed by atoms with van der Waals surface area (Å²) in [7, 11) is -3.68. The number of rotatable bonds is 5. The number of sulfone groups is 1. The van der Waals surface area contributed by atoms with Crippen molar-refractivity contribution in [2.75, 3.05) is 11.6 Å². The number of benzene rings is 1. The molecule has 2 rings (SSSR count). The van der Waals surface area contributed by atoms with E-state index in [9.17, 15) is 13.2 Å². The lowest BCUT2D eigenvalue weighted by Crippen LogP contribution is -2.22. The highest BCUT2D eigenvalue weighted by molar-refractivity contribution is 7.91. The highest BCUT2D eigenvalue weighted by Gasteiger charge is 2.21. The second-order valence-corrected chi connectivity index (χ2v) is 7.09. The molecule has 0 fully saturated rings. The number of nitrogens with zero attached hydrogens (tertiary/aromatic N) is 2. The summed E-state index contributed by atoms with van der Waals surface area (Å²) in [6.07, 6.45) is 0. The zero-order valence-electron chi connectivity index (χ0n) is 11.2. The number of aryl methyl sites for hydroxylation is 1. The van der Waals surface area contributed by atoms with Crippen molar-refractivity contribution in [3.63, 3.8) is 0 Å². The van der Waals surface area contributed by atoms with Crippen LogP contribution in [-0.4, -0.2) is 34.8 Å². The highest BCUT2D eigenvalue weighted by Crippen LogP contribution is 2.08. The molecule has 112 valence electrons. The smallest absolute Gasteiger partial charge is 0.214 e. The van der Waals surface area contributed by atoms with Gasteiger partial charge in [-0.05, 0) is 19.1 Å². The van der Waals surface area contributed by atoms with Crippen LogP contribution in [-0.2, 0) is 15.6 Å². The van der Waals surface area contributed by atoms with Crippen LogP contribution in [0.15, 0.2) is 24.3 Å². The van der Waals surface area contributed by atoms with E-state index >= 15 is 0 Å². The number of aromatic nitrogens is 3. The van der Waals surface area contributed by atoms with E-state index in [0.717, 1.165) is 10.2 Å². The van der Waals surface area contributed by atoms with Crippen molar-refractivity contribution in [3.8, 4) is 0 Å². The summed E-state index contributed by atoms with van der Waals surface area (Å²) < 4.78 is 25.2. The van der Waals surface area contributed by atoms with Gasteiger partial charge in [-0.2, -0.15) is 5.10 Å². The van der Waals surface area contributed by atoms with E-state index < -0.39 is 27.1 Å². The lowest BCUT2D eigenvalue weighted by atomic mass is 10.1. The standard InChI is InChI=1S/C12H14N4O3S2/c1-8-2-4-9(5-3-8)10(17)6-21(18,19)7-11-14-15-12(20)16(11)13/h2-5H,6-7,13H2,1H3,(H,15,20). The molecule has 0 aliphatic heterocycles. The fraction of sp³-hybridized carbons (Fsp3) is 0.250. The molecule has 0 saturated heterocycles. The van der Waals surface area contributed by atoms with Crippen molar-refractivity contribution in [1.82, 2.24) is 14.9 Å². The molecule has 0 atom stereocenters. The van der Waals surface area contributed by atoms with Gasteiger partial charge in [-0.3, -0.25) is 9.89 Å². The zero-order valence-corrected chi connectivity index (χ0v) is 12.9. The van der Waals surface area contributed by atoms with Crippen LogP contribution in [0.5, 0.6) is 0 Å². The molecule has 0 spiro atoms. The van der Waals surface area contributed by atoms with Gasteiger partial charge in [-0.15, -0.1) is 0 Å². The monoisotopic (exact) mass is 326 g/mol. The molecule has 0 aliphatic rings. The number of H-pyrrole nitrogens is 1. The molecule has 0 aliphatic carbocycles. The highest BCUT2D eigenvalue weighted by atomic mass is 32.2. The topological polar surface area (TPSA) is 111 Å². The largest absolute Gasteiger partial charge is 0.335 e. The quantitative estimate of drug-likeness (QED) is 0.477. The van der Waals surface area contributed by atoms with Crippen molar-refractivity contribution in [2.45, 2.75) is 12.7 Å². The van der Waals surface area contributed by atoms with E-state index in [-0.39, 0.29) is 10.6 Å². The number of carbonyl (C=O) groups excluding carboxylic acids is 1. The van der Waals surface area contributed by atoms with Crippen LogP contribution in [0.25, 0.3) is 0 Å². The third kappa shape index (κ3) is 3.76. The molecule has 9 heteroatoms. The Morgan fingerprint density at radius 3 is 2.52 bits per heavy atom. The summed E-state index contributed by atoms with van der Waals surface area (Å²) in [6.45, 7) is 1.88. The summed E-state index contributed by atoms with van der Waals surface area (Å²) in [5, 5.41) is 6.11. The summed E-state index contributed by atoms with van der Waals surface area (Å²) >= 11 is 4.80. The second kappa shape index (κ2) is 5.78. The lowest BCUT2D eigenvalue weighted by Gasteiger charge is -2.04. The first kappa shape index (κ1) is 15.4. The predicted octanol–water partition coefficient (Wildman–Crippen LogP) is 0.761. The van der Waals surface area contributed by atoms with Gasteiger partial charge in [0.05, 0.1) is 0 Å². The number of nitrogens with one attached hydrogen (secondary N) is 1. The van der Waals surface area contributed by atoms with E-state index in [0.29, 0.717) is 5.56 Å². The fourth-order valence-electron chi connectivity index (χ4n) is 1.71. The van der Waals surface area contributed by atoms with E-state index in [2.05, 4.69) is 10.2 Å². The molecule has 0 radical (unpaired) electrons. The molecule has 3 N–H and O–H groups in total. The van der Waals surface area contributed by atoms with Crippen molar-refractivity contribution in [2.24, 2.45) is 0 Å². The minimum absolute atomic E-state index is 0.0664. The molecule has 1 aromatic carbocycles. The molecule has 0 amide bonds. The van der Waals surface area contributed by atoms with Gasteiger partial charge < -0.3 is 5.84 Å². The van der Waals surface area contributed by atoms with Gasteiger partial charge in [-0.25, -0.2) is 13.1 Å². The van der Waals surface area contributed by atoms with Crippen molar-refractivity contribution < 1.29 is 13.2 Å². The molecular weight excluding hydrogens is 312 g/mol. The first-order chi connectivity index (χ1) is 9.78. The molecule has 1 heterocycles. The molecule has 0 bridgehead atoms. The van der Waals surface area contributed by atoms with Gasteiger partial charge in [0.1, 0.15) is 11.5 Å². The third-order valence-electron chi connectivity index (χ3n) is 2.85. The second-order valence-electron chi connectivity index (χ2n) is 4.64. The number of ketones is 1. The van der Waals surface area contributed by atoms with E-state index in [4.69, 9.17) is 18.1 Å². The molecule has 0 unspecified atom stereocenters. The number of nitrogens with two attached hydrogens (primary N) is 1. The van der Waals surface area contributed by atoms with Gasteiger partial charge >= 0.3 is 0 Å². The van der Waals surface area contributed by atoms with Crippen molar-refractivity contribution in [1.29, 1.82) is 0 Å². The van der Waals surface area contributed by atoms with Crippen LogP contribution in [0.2, 0.25) is 0 Å². The Labute approximate surface area is 126 Å². The normalized spacial score (nSPS) is 11.5. The molecule has 0 saturated carbocycles. The summed E-state index contributed by atoms with van der Waals surface area (Å²) in [5.74, 6) is 4.09. The third-order valence-corrected chi connectivity index (χ3v) is 4.54. The molecule has 21 heavy (non-hydrogen) atoms. The minimum Gasteiger partial charge on any atom is -0.335 e. The number of hydrogen-bond acceptors (Lipinski definition) is 6. The van der Waals surface area contributed by atoms with Gasteiger partial charge in [0.15, 0.2) is 21.4 Å². The fourth-order valence-corrected chi connectivity index (χ4v) is 3.13. The predicted molar refractivity (Wildman–Crippen MR) is 80.6 cm³/mol. The van der Waals surface area contributed by atoms with Gasteiger partial charge in [0.25, 0.3) is 0 Å². The maximum absolute atomic E-state index is 12.0. The number of carbonyl (C=O) groups is 1. The Morgan fingerprint density at radius 1 is 1.38 bits per heavy atom. The summed E-state index contributed by atoms with van der Waals surface area (Å²) in [6, 6.07) is 6.72. The molecule has 7 nitrogen and oxygen atoms in total. The number of hydrogen-bond donors (Lipinski definition) is 2. The summed E-state index contributed by atoms with van der Waals surface area (Å²) in [4.78, 5) is 12.0. The first-order valence-corrected chi connectivity index (χ1v) is 8.23. The van der Waals surface area contributed by atoms with E-state index in [1.807, 2.05) is 6.92 Å². The zero-order chi connectivity index (χ0) is 15.6. The van der Waals surface area contributed by atoms with Crippen LogP contribution in [0.3, 0.4) is 0 Å². The Balaban J connectivity index is 2.14. The van der Waals surface area contributed by atoms with Crippen molar-refractivity contribution >= 4 is 27.8 Å². The number of nitrogen functional groups attached to an aromatic ring is 1. The average Bonchev–Trinajstić information content (AvgIpc) is 2.70. The average molecular weight is 326 g/mol. The summed E-state index contributed by atoms with van der Waals surface area (Å²) in [5.41, 5.74) is 1.35. The Bertz CT molecular complexity index is 819. The van der Waals surface area contributed by atoms with Crippen LogP contribution in [0.4, 0.5) is 0 Å². The first-order valence-electron chi connectivity index (χ1n) is 6.00. The van der Waals surface area contributed by atoms with E-state index in [1.165, 1.54) is 0 Å². The number of Topliss-reactive ketones (excluding diaryl/α,β-unsaturated/α-hetero) is 1.